The number of rotatable bonds is 4. The van der Waals surface area contributed by atoms with Gasteiger partial charge in [0, 0.05) is 11.6 Å². The van der Waals surface area contributed by atoms with E-state index >= 15 is 0 Å². The third kappa shape index (κ3) is 3.94. The van der Waals surface area contributed by atoms with Gasteiger partial charge in [0.25, 0.3) is 5.91 Å². The number of aliphatic hydroxyl groups excluding tert-OH is 1. The first kappa shape index (κ1) is 16.7. The fourth-order valence-electron chi connectivity index (χ4n) is 1.79. The normalized spacial score (nSPS) is 12.0. The Kier molecular flexibility index (Phi) is 5.34. The summed E-state index contributed by atoms with van der Waals surface area (Å²) < 4.78 is 26.8. The lowest BCUT2D eigenvalue weighted by molar-refractivity contribution is 0.0912. The highest BCUT2D eigenvalue weighted by Gasteiger charge is 2.15. The predicted octanol–water partition coefficient (Wildman–Crippen LogP) is 3.74. The fraction of sp³-hybridized carbons (Fsp3) is 0.133. The molecule has 2 N–H and O–H groups in total. The van der Waals surface area contributed by atoms with Crippen LogP contribution >= 0.6 is 23.2 Å². The number of carbonyl (C=O) groups is 1. The van der Waals surface area contributed by atoms with Crippen LogP contribution in [0, 0.1) is 11.6 Å². The molecule has 0 aliphatic carbocycles. The number of benzene rings is 2. The first-order valence-electron chi connectivity index (χ1n) is 6.24. The number of amides is 1. The minimum Gasteiger partial charge on any atom is -0.387 e. The van der Waals surface area contributed by atoms with Crippen LogP contribution in [0.5, 0.6) is 0 Å². The molecule has 0 aliphatic rings. The summed E-state index contributed by atoms with van der Waals surface area (Å²) in [5.41, 5.74) is 0.00996. The van der Waals surface area contributed by atoms with Crippen LogP contribution in [0.4, 0.5) is 8.78 Å². The van der Waals surface area contributed by atoms with Gasteiger partial charge in [0.1, 0.15) is 11.6 Å². The number of halogens is 4. The molecule has 1 unspecified atom stereocenters. The third-order valence-electron chi connectivity index (χ3n) is 2.96. The Bertz CT molecular complexity index is 710. The van der Waals surface area contributed by atoms with E-state index < -0.39 is 23.6 Å². The highest BCUT2D eigenvalue weighted by Crippen LogP contribution is 2.20. The minimum atomic E-state index is -1.15. The van der Waals surface area contributed by atoms with E-state index in [2.05, 4.69) is 5.32 Å². The van der Waals surface area contributed by atoms with Gasteiger partial charge in [-0.1, -0.05) is 29.3 Å². The predicted molar refractivity (Wildman–Crippen MR) is 80.1 cm³/mol. The maximum Gasteiger partial charge on any atom is 0.254 e. The molecule has 0 aromatic heterocycles. The first-order chi connectivity index (χ1) is 10.4. The second-order valence-corrected chi connectivity index (χ2v) is 5.37. The molecular weight excluding hydrogens is 335 g/mol. The van der Waals surface area contributed by atoms with Gasteiger partial charge in [-0.2, -0.15) is 0 Å². The Balaban J connectivity index is 2.04. The molecule has 116 valence electrons. The maximum absolute atomic E-state index is 13.5. The fourth-order valence-corrected chi connectivity index (χ4v) is 2.08. The SMILES string of the molecule is O=C(NCC(O)c1ccc(Cl)c(F)c1)c1cc(Cl)ccc1F. The van der Waals surface area contributed by atoms with E-state index in [-0.39, 0.29) is 27.7 Å². The lowest BCUT2D eigenvalue weighted by Gasteiger charge is -2.13. The number of carbonyl (C=O) groups excluding carboxylic acids is 1. The van der Waals surface area contributed by atoms with Crippen LogP contribution < -0.4 is 5.32 Å². The van der Waals surface area contributed by atoms with Gasteiger partial charge in [-0.25, -0.2) is 8.78 Å². The van der Waals surface area contributed by atoms with Gasteiger partial charge in [0.05, 0.1) is 16.7 Å². The van der Waals surface area contributed by atoms with E-state index in [1.165, 1.54) is 24.3 Å². The summed E-state index contributed by atoms with van der Waals surface area (Å²) >= 11 is 11.2. The van der Waals surface area contributed by atoms with Crippen LogP contribution in [0.2, 0.25) is 10.0 Å². The standard InChI is InChI=1S/C15H11Cl2F2NO2/c16-9-2-4-12(18)10(6-9)15(22)20-7-14(21)8-1-3-11(17)13(19)5-8/h1-6,14,21H,7H2,(H,20,22). The number of aliphatic hydroxyl groups is 1. The topological polar surface area (TPSA) is 49.3 Å². The van der Waals surface area contributed by atoms with Crippen molar-refractivity contribution in [2.75, 3.05) is 6.54 Å². The zero-order chi connectivity index (χ0) is 16.3. The molecule has 0 fully saturated rings. The van der Waals surface area contributed by atoms with Crippen LogP contribution in [0.3, 0.4) is 0 Å². The van der Waals surface area contributed by atoms with Crippen molar-refractivity contribution >= 4 is 29.1 Å². The van der Waals surface area contributed by atoms with Crippen molar-refractivity contribution < 1.29 is 18.7 Å². The molecule has 0 radical (unpaired) electrons. The molecule has 0 saturated carbocycles. The molecule has 0 saturated heterocycles. The van der Waals surface area contributed by atoms with Crippen molar-refractivity contribution in [1.29, 1.82) is 0 Å². The average Bonchev–Trinajstić information content (AvgIpc) is 2.49. The van der Waals surface area contributed by atoms with Crippen LogP contribution in [-0.2, 0) is 0 Å². The van der Waals surface area contributed by atoms with Crippen LogP contribution in [0.1, 0.15) is 22.0 Å². The van der Waals surface area contributed by atoms with Gasteiger partial charge >= 0.3 is 0 Å². The van der Waals surface area contributed by atoms with Gasteiger partial charge in [-0.15, -0.1) is 0 Å². The largest absolute Gasteiger partial charge is 0.387 e. The second-order valence-electron chi connectivity index (χ2n) is 4.52. The summed E-state index contributed by atoms with van der Waals surface area (Å²) in [6.07, 6.45) is -1.15. The minimum absolute atomic E-state index is 0.0685. The van der Waals surface area contributed by atoms with Gasteiger partial charge in [0.2, 0.25) is 0 Å². The van der Waals surface area contributed by atoms with Crippen molar-refractivity contribution in [1.82, 2.24) is 5.32 Å². The van der Waals surface area contributed by atoms with Gasteiger partial charge in [0.15, 0.2) is 0 Å². The highest BCUT2D eigenvalue weighted by atomic mass is 35.5. The second kappa shape index (κ2) is 7.05. The molecule has 22 heavy (non-hydrogen) atoms. The summed E-state index contributed by atoms with van der Waals surface area (Å²) in [5.74, 6) is -2.13. The molecule has 7 heteroatoms. The van der Waals surface area contributed by atoms with E-state index in [0.717, 1.165) is 12.1 Å². The average molecular weight is 346 g/mol. The first-order valence-corrected chi connectivity index (χ1v) is 7.00. The van der Waals surface area contributed by atoms with Crippen molar-refractivity contribution in [2.45, 2.75) is 6.10 Å². The third-order valence-corrected chi connectivity index (χ3v) is 3.50. The van der Waals surface area contributed by atoms with Crippen molar-refractivity contribution in [3.8, 4) is 0 Å². The van der Waals surface area contributed by atoms with Crippen molar-refractivity contribution in [3.63, 3.8) is 0 Å². The zero-order valence-electron chi connectivity index (χ0n) is 11.1. The summed E-state index contributed by atoms with van der Waals surface area (Å²) in [5, 5.41) is 12.4. The van der Waals surface area contributed by atoms with E-state index in [4.69, 9.17) is 23.2 Å². The zero-order valence-corrected chi connectivity index (χ0v) is 12.6. The number of nitrogens with one attached hydrogen (secondary N) is 1. The molecule has 0 aliphatic heterocycles. The molecule has 2 aromatic carbocycles. The van der Waals surface area contributed by atoms with Crippen molar-refractivity contribution in [2.24, 2.45) is 0 Å². The molecule has 0 bridgehead atoms. The molecule has 2 aromatic rings. The summed E-state index contributed by atoms with van der Waals surface area (Å²) in [7, 11) is 0. The van der Waals surface area contributed by atoms with E-state index in [1.807, 2.05) is 0 Å². The molecule has 0 spiro atoms. The molecular formula is C15H11Cl2F2NO2. The highest BCUT2D eigenvalue weighted by molar-refractivity contribution is 6.31. The monoisotopic (exact) mass is 345 g/mol. The summed E-state index contributed by atoms with van der Waals surface area (Å²) in [4.78, 5) is 11.9. The van der Waals surface area contributed by atoms with E-state index in [1.54, 1.807) is 0 Å². The Morgan fingerprint density at radius 1 is 1.14 bits per heavy atom. The number of hydrogen-bond acceptors (Lipinski definition) is 2. The van der Waals surface area contributed by atoms with Gasteiger partial charge in [-0.05, 0) is 35.9 Å². The Morgan fingerprint density at radius 3 is 2.55 bits per heavy atom. The lowest BCUT2D eigenvalue weighted by atomic mass is 10.1. The van der Waals surface area contributed by atoms with Crippen molar-refractivity contribution in [3.05, 3.63) is 69.2 Å². The van der Waals surface area contributed by atoms with Crippen LogP contribution in [0.15, 0.2) is 36.4 Å². The molecule has 0 heterocycles. The smallest absolute Gasteiger partial charge is 0.254 e. The quantitative estimate of drug-likeness (QED) is 0.886. The van der Waals surface area contributed by atoms with Crippen LogP contribution in [0.25, 0.3) is 0 Å². The van der Waals surface area contributed by atoms with Gasteiger partial charge < -0.3 is 10.4 Å². The molecule has 1 amide bonds. The van der Waals surface area contributed by atoms with Crippen LogP contribution in [-0.4, -0.2) is 17.6 Å². The molecule has 2 rings (SSSR count). The van der Waals surface area contributed by atoms with E-state index in [9.17, 15) is 18.7 Å². The Hall–Kier alpha value is -1.69. The summed E-state index contributed by atoms with van der Waals surface area (Å²) in [6.45, 7) is -0.216. The Labute approximate surface area is 135 Å². The molecule has 3 nitrogen and oxygen atoms in total. The molecule has 1 atom stereocenters. The summed E-state index contributed by atoms with van der Waals surface area (Å²) in [6, 6.07) is 7.37. The number of hydrogen-bond donors (Lipinski definition) is 2. The maximum atomic E-state index is 13.5. The Morgan fingerprint density at radius 2 is 1.86 bits per heavy atom. The van der Waals surface area contributed by atoms with Gasteiger partial charge in [-0.3, -0.25) is 4.79 Å². The lowest BCUT2D eigenvalue weighted by Crippen LogP contribution is -2.29. The van der Waals surface area contributed by atoms with E-state index in [0.29, 0.717) is 0 Å².